The van der Waals surface area contributed by atoms with E-state index in [9.17, 15) is 18.0 Å². The molecule has 1 heterocycles. The first kappa shape index (κ1) is 14.6. The van der Waals surface area contributed by atoms with Gasteiger partial charge in [0.25, 0.3) is 5.91 Å². The molecule has 0 spiro atoms. The van der Waals surface area contributed by atoms with Gasteiger partial charge >= 0.3 is 6.18 Å². The van der Waals surface area contributed by atoms with Gasteiger partial charge in [0.1, 0.15) is 5.75 Å². The van der Waals surface area contributed by atoms with Crippen LogP contribution in [-0.2, 0) is 0 Å². The molecule has 0 saturated carbocycles. The summed E-state index contributed by atoms with van der Waals surface area (Å²) < 4.78 is 45.3. The molecule has 3 N–H and O–H groups in total. The number of benzene rings is 1. The molecule has 1 amide bonds. The van der Waals surface area contributed by atoms with Crippen LogP contribution in [0.4, 0.5) is 24.7 Å². The van der Waals surface area contributed by atoms with E-state index in [0.717, 1.165) is 0 Å². The molecular formula is C11H9F3N4O3. The Bertz CT molecular complexity index is 642. The molecule has 0 radical (unpaired) electrons. The highest BCUT2D eigenvalue weighted by atomic mass is 19.4. The third-order valence-electron chi connectivity index (χ3n) is 2.26. The van der Waals surface area contributed by atoms with Crippen molar-refractivity contribution >= 4 is 17.4 Å². The Morgan fingerprint density at radius 3 is 2.67 bits per heavy atom. The summed E-state index contributed by atoms with van der Waals surface area (Å²) in [5.74, 6) is -1.16. The summed E-state index contributed by atoms with van der Waals surface area (Å²) in [6.45, 7) is -1.48. The van der Waals surface area contributed by atoms with Crippen LogP contribution in [0.5, 0.6) is 5.75 Å². The molecule has 0 aliphatic heterocycles. The molecule has 0 saturated heterocycles. The Morgan fingerprint density at radius 1 is 1.33 bits per heavy atom. The van der Waals surface area contributed by atoms with E-state index in [-0.39, 0.29) is 22.9 Å². The second-order valence-electron chi connectivity index (χ2n) is 3.85. The maximum atomic E-state index is 12.2. The molecule has 2 rings (SSSR count). The lowest BCUT2D eigenvalue weighted by molar-refractivity contribution is -0.153. The van der Waals surface area contributed by atoms with Gasteiger partial charge in [-0.05, 0) is 22.4 Å². The number of carbonyl (C=O) groups excluding carboxylic acids is 1. The number of alkyl halides is 3. The smallest absolute Gasteiger partial charge is 0.422 e. The average Bonchev–Trinajstić information content (AvgIpc) is 2.83. The summed E-state index contributed by atoms with van der Waals surface area (Å²) in [6, 6.07) is 5.63. The number of nitrogen functional groups attached to an aromatic ring is 1. The number of nitrogens with one attached hydrogen (secondary N) is 1. The van der Waals surface area contributed by atoms with Crippen LogP contribution in [0.1, 0.15) is 10.5 Å². The lowest BCUT2D eigenvalue weighted by Gasteiger charge is -2.13. The van der Waals surface area contributed by atoms with E-state index in [1.165, 1.54) is 24.3 Å². The van der Waals surface area contributed by atoms with Crippen molar-refractivity contribution in [2.75, 3.05) is 17.7 Å². The highest BCUT2D eigenvalue weighted by Gasteiger charge is 2.29. The number of nitrogens with zero attached hydrogens (tertiary/aromatic N) is 2. The zero-order valence-corrected chi connectivity index (χ0v) is 10.3. The number of para-hydroxylation sites is 2. The molecule has 10 heteroatoms. The van der Waals surface area contributed by atoms with Crippen LogP contribution < -0.4 is 15.8 Å². The molecule has 1 aromatic carbocycles. The van der Waals surface area contributed by atoms with Crippen LogP contribution >= 0.6 is 0 Å². The van der Waals surface area contributed by atoms with Gasteiger partial charge in [-0.2, -0.15) is 13.2 Å². The largest absolute Gasteiger partial charge is 0.482 e. The van der Waals surface area contributed by atoms with E-state index in [2.05, 4.69) is 25.0 Å². The zero-order chi connectivity index (χ0) is 15.5. The van der Waals surface area contributed by atoms with Gasteiger partial charge in [-0.15, -0.1) is 0 Å². The van der Waals surface area contributed by atoms with Crippen LogP contribution in [0.2, 0.25) is 0 Å². The molecule has 0 atom stereocenters. The molecule has 1 aromatic heterocycles. The quantitative estimate of drug-likeness (QED) is 0.893. The van der Waals surface area contributed by atoms with Gasteiger partial charge in [-0.1, -0.05) is 12.1 Å². The molecule has 0 aliphatic rings. The first-order chi connectivity index (χ1) is 9.87. The van der Waals surface area contributed by atoms with Crippen molar-refractivity contribution in [1.29, 1.82) is 0 Å². The third-order valence-corrected chi connectivity index (χ3v) is 2.26. The van der Waals surface area contributed by atoms with E-state index < -0.39 is 18.7 Å². The Morgan fingerprint density at radius 2 is 2.05 bits per heavy atom. The summed E-state index contributed by atoms with van der Waals surface area (Å²) in [6.07, 6.45) is -4.49. The topological polar surface area (TPSA) is 103 Å². The van der Waals surface area contributed by atoms with Gasteiger partial charge in [-0.3, -0.25) is 4.79 Å². The Labute approximate surface area is 115 Å². The van der Waals surface area contributed by atoms with E-state index in [4.69, 9.17) is 5.73 Å². The summed E-state index contributed by atoms with van der Waals surface area (Å²) in [5, 5.41) is 8.82. The minimum atomic E-state index is -4.49. The number of ether oxygens (including phenoxy) is 1. The molecule has 0 unspecified atom stereocenters. The second kappa shape index (κ2) is 5.69. The normalized spacial score (nSPS) is 11.2. The number of aromatic nitrogens is 2. The van der Waals surface area contributed by atoms with Gasteiger partial charge in [0.2, 0.25) is 11.5 Å². The van der Waals surface area contributed by atoms with Crippen molar-refractivity contribution < 1.29 is 27.3 Å². The number of hydrogen-bond acceptors (Lipinski definition) is 6. The fourth-order valence-electron chi connectivity index (χ4n) is 1.39. The monoisotopic (exact) mass is 302 g/mol. The molecular weight excluding hydrogens is 293 g/mol. The highest BCUT2D eigenvalue weighted by Crippen LogP contribution is 2.26. The molecule has 112 valence electrons. The van der Waals surface area contributed by atoms with E-state index in [1.807, 2.05) is 0 Å². The standard InChI is InChI=1S/C11H9F3N4O3/c12-11(13,14)5-20-7-4-2-1-3-6(7)16-10(19)8-9(15)18-21-17-8/h1-4H,5H2,(H2,15,18)(H,16,19). The van der Waals surface area contributed by atoms with E-state index in [1.54, 1.807) is 0 Å². The lowest BCUT2D eigenvalue weighted by atomic mass is 10.2. The first-order valence-corrected chi connectivity index (χ1v) is 5.55. The molecule has 0 fully saturated rings. The fraction of sp³-hybridized carbons (Fsp3) is 0.182. The van der Waals surface area contributed by atoms with Gasteiger partial charge in [0.15, 0.2) is 6.61 Å². The predicted molar refractivity (Wildman–Crippen MR) is 64.7 cm³/mol. The van der Waals surface area contributed by atoms with Gasteiger partial charge in [0, 0.05) is 0 Å². The second-order valence-corrected chi connectivity index (χ2v) is 3.85. The zero-order valence-electron chi connectivity index (χ0n) is 10.3. The number of halogens is 3. The molecule has 2 aromatic rings. The number of anilines is 2. The van der Waals surface area contributed by atoms with Gasteiger partial charge < -0.3 is 15.8 Å². The van der Waals surface area contributed by atoms with Crippen molar-refractivity contribution in [3.05, 3.63) is 30.0 Å². The first-order valence-electron chi connectivity index (χ1n) is 5.55. The van der Waals surface area contributed by atoms with Crippen LogP contribution in [0.15, 0.2) is 28.9 Å². The van der Waals surface area contributed by atoms with Crippen LogP contribution in [0.3, 0.4) is 0 Å². The average molecular weight is 302 g/mol. The lowest BCUT2D eigenvalue weighted by Crippen LogP contribution is -2.20. The van der Waals surface area contributed by atoms with Gasteiger partial charge in [0.05, 0.1) is 5.69 Å². The van der Waals surface area contributed by atoms with Crippen LogP contribution in [-0.4, -0.2) is 29.0 Å². The molecule has 7 nitrogen and oxygen atoms in total. The predicted octanol–water partition coefficient (Wildman–Crippen LogP) is 1.85. The molecule has 0 aliphatic carbocycles. The number of rotatable bonds is 4. The summed E-state index contributed by atoms with van der Waals surface area (Å²) in [5.41, 5.74) is 5.10. The number of nitrogens with two attached hydrogens (primary N) is 1. The summed E-state index contributed by atoms with van der Waals surface area (Å²) >= 11 is 0. The summed E-state index contributed by atoms with van der Waals surface area (Å²) in [7, 11) is 0. The summed E-state index contributed by atoms with van der Waals surface area (Å²) in [4.78, 5) is 11.8. The maximum absolute atomic E-state index is 12.2. The van der Waals surface area contributed by atoms with Crippen LogP contribution in [0.25, 0.3) is 0 Å². The number of hydrogen-bond donors (Lipinski definition) is 2. The van der Waals surface area contributed by atoms with Crippen molar-refractivity contribution in [2.45, 2.75) is 6.18 Å². The van der Waals surface area contributed by atoms with Crippen molar-refractivity contribution in [2.24, 2.45) is 0 Å². The number of amides is 1. The Kier molecular flexibility index (Phi) is 3.96. The highest BCUT2D eigenvalue weighted by molar-refractivity contribution is 6.06. The molecule has 0 bridgehead atoms. The van der Waals surface area contributed by atoms with Gasteiger partial charge in [-0.25, -0.2) is 4.63 Å². The maximum Gasteiger partial charge on any atom is 0.422 e. The fourth-order valence-corrected chi connectivity index (χ4v) is 1.39. The minimum absolute atomic E-state index is 0.0363. The SMILES string of the molecule is Nc1nonc1C(=O)Nc1ccccc1OCC(F)(F)F. The van der Waals surface area contributed by atoms with E-state index >= 15 is 0 Å². The molecule has 21 heavy (non-hydrogen) atoms. The minimum Gasteiger partial charge on any atom is -0.482 e. The van der Waals surface area contributed by atoms with E-state index in [0.29, 0.717) is 0 Å². The van der Waals surface area contributed by atoms with Crippen molar-refractivity contribution in [3.63, 3.8) is 0 Å². The van der Waals surface area contributed by atoms with Crippen molar-refractivity contribution in [1.82, 2.24) is 10.3 Å². The van der Waals surface area contributed by atoms with Crippen molar-refractivity contribution in [3.8, 4) is 5.75 Å². The third kappa shape index (κ3) is 3.84. The Hall–Kier alpha value is -2.78. The Balaban J connectivity index is 2.13. The number of carbonyl (C=O) groups is 1. The van der Waals surface area contributed by atoms with Crippen LogP contribution in [0, 0.1) is 0 Å².